The Morgan fingerprint density at radius 2 is 1.47 bits per heavy atom. The highest BCUT2D eigenvalue weighted by Crippen LogP contribution is 2.14. The van der Waals surface area contributed by atoms with Gasteiger partial charge in [0.2, 0.25) is 0 Å². The Morgan fingerprint density at radius 3 is 2.06 bits per heavy atom. The third kappa shape index (κ3) is 3.31. The standard InChI is InChI=1S/C15H15FO/c1-2-12-3-5-13(6-4-12)11-17-15-9-7-14(16)8-10-15/h3-10H,2,11H2,1H3. The van der Waals surface area contributed by atoms with E-state index in [1.165, 1.54) is 17.7 Å². The number of hydrogen-bond acceptors (Lipinski definition) is 1. The Balaban J connectivity index is 1.95. The first-order chi connectivity index (χ1) is 8.28. The lowest BCUT2D eigenvalue weighted by atomic mass is 10.1. The fraction of sp³-hybridized carbons (Fsp3) is 0.200. The van der Waals surface area contributed by atoms with E-state index in [0.717, 1.165) is 12.0 Å². The minimum absolute atomic E-state index is 0.246. The summed E-state index contributed by atoms with van der Waals surface area (Å²) in [5.74, 6) is 0.440. The molecule has 2 aromatic rings. The molecule has 0 amide bonds. The lowest BCUT2D eigenvalue weighted by Gasteiger charge is -2.06. The van der Waals surface area contributed by atoms with Gasteiger partial charge in [-0.1, -0.05) is 31.2 Å². The SMILES string of the molecule is CCc1ccc(COc2ccc(F)cc2)cc1. The van der Waals surface area contributed by atoms with Crippen molar-refractivity contribution in [2.24, 2.45) is 0 Å². The normalized spacial score (nSPS) is 10.2. The molecule has 1 nitrogen and oxygen atoms in total. The molecule has 2 heteroatoms. The van der Waals surface area contributed by atoms with Crippen molar-refractivity contribution in [2.75, 3.05) is 0 Å². The van der Waals surface area contributed by atoms with Crippen LogP contribution in [-0.2, 0) is 13.0 Å². The van der Waals surface area contributed by atoms with E-state index in [9.17, 15) is 4.39 Å². The van der Waals surface area contributed by atoms with Crippen molar-refractivity contribution < 1.29 is 9.13 Å². The minimum Gasteiger partial charge on any atom is -0.489 e. The van der Waals surface area contributed by atoms with E-state index in [-0.39, 0.29) is 5.82 Å². The molecule has 0 saturated carbocycles. The third-order valence-electron chi connectivity index (χ3n) is 2.65. The maximum Gasteiger partial charge on any atom is 0.123 e. The van der Waals surface area contributed by atoms with Crippen LogP contribution >= 0.6 is 0 Å². The monoisotopic (exact) mass is 230 g/mol. The first-order valence-corrected chi connectivity index (χ1v) is 5.74. The van der Waals surface area contributed by atoms with Gasteiger partial charge in [0, 0.05) is 0 Å². The van der Waals surface area contributed by atoms with E-state index in [2.05, 4.69) is 31.2 Å². The summed E-state index contributed by atoms with van der Waals surface area (Å²) in [6.07, 6.45) is 1.04. The van der Waals surface area contributed by atoms with Crippen LogP contribution in [0.4, 0.5) is 4.39 Å². The topological polar surface area (TPSA) is 9.23 Å². The van der Waals surface area contributed by atoms with Gasteiger partial charge in [-0.25, -0.2) is 4.39 Å². The van der Waals surface area contributed by atoms with Crippen LogP contribution < -0.4 is 4.74 Å². The highest BCUT2D eigenvalue weighted by atomic mass is 19.1. The lowest BCUT2D eigenvalue weighted by Crippen LogP contribution is -1.95. The van der Waals surface area contributed by atoms with Gasteiger partial charge in [0.05, 0.1) is 0 Å². The van der Waals surface area contributed by atoms with Gasteiger partial charge < -0.3 is 4.74 Å². The van der Waals surface area contributed by atoms with Gasteiger partial charge in [-0.05, 0) is 41.8 Å². The van der Waals surface area contributed by atoms with Crippen LogP contribution in [0.5, 0.6) is 5.75 Å². The fourth-order valence-corrected chi connectivity index (χ4v) is 1.57. The van der Waals surface area contributed by atoms with Crippen LogP contribution in [0.1, 0.15) is 18.1 Å². The number of aryl methyl sites for hydroxylation is 1. The van der Waals surface area contributed by atoms with Crippen molar-refractivity contribution in [3.8, 4) is 5.75 Å². The Kier molecular flexibility index (Phi) is 3.76. The van der Waals surface area contributed by atoms with E-state index in [0.29, 0.717) is 12.4 Å². The first-order valence-electron chi connectivity index (χ1n) is 5.74. The zero-order valence-electron chi connectivity index (χ0n) is 9.82. The van der Waals surface area contributed by atoms with Crippen LogP contribution in [0.3, 0.4) is 0 Å². The smallest absolute Gasteiger partial charge is 0.123 e. The van der Waals surface area contributed by atoms with Gasteiger partial charge in [-0.15, -0.1) is 0 Å². The molecule has 0 fully saturated rings. The molecular formula is C15H15FO. The van der Waals surface area contributed by atoms with E-state index in [1.807, 2.05) is 0 Å². The molecule has 0 saturated heterocycles. The molecule has 0 aliphatic carbocycles. The maximum atomic E-state index is 12.7. The molecule has 0 aromatic heterocycles. The molecule has 0 aliphatic rings. The molecule has 0 spiro atoms. The van der Waals surface area contributed by atoms with E-state index in [4.69, 9.17) is 4.74 Å². The van der Waals surface area contributed by atoms with E-state index < -0.39 is 0 Å². The molecular weight excluding hydrogens is 215 g/mol. The molecule has 0 N–H and O–H groups in total. The molecule has 0 heterocycles. The summed E-state index contributed by atoms with van der Waals surface area (Å²) in [6.45, 7) is 2.64. The molecule has 88 valence electrons. The predicted molar refractivity (Wildman–Crippen MR) is 66.6 cm³/mol. The van der Waals surface area contributed by atoms with Crippen LogP contribution in [0.15, 0.2) is 48.5 Å². The van der Waals surface area contributed by atoms with Crippen LogP contribution in [-0.4, -0.2) is 0 Å². The summed E-state index contributed by atoms with van der Waals surface area (Å²) in [7, 11) is 0. The molecule has 17 heavy (non-hydrogen) atoms. The summed E-state index contributed by atoms with van der Waals surface area (Å²) < 4.78 is 18.2. The zero-order chi connectivity index (χ0) is 12.1. The quantitative estimate of drug-likeness (QED) is 0.772. The number of rotatable bonds is 4. The Bertz CT molecular complexity index is 459. The van der Waals surface area contributed by atoms with Crippen molar-refractivity contribution in [2.45, 2.75) is 20.0 Å². The van der Waals surface area contributed by atoms with Crippen LogP contribution in [0.25, 0.3) is 0 Å². The van der Waals surface area contributed by atoms with Gasteiger partial charge in [0.15, 0.2) is 0 Å². The van der Waals surface area contributed by atoms with Gasteiger partial charge in [0.25, 0.3) is 0 Å². The maximum absolute atomic E-state index is 12.7. The number of benzene rings is 2. The zero-order valence-corrected chi connectivity index (χ0v) is 9.82. The van der Waals surface area contributed by atoms with Crippen LogP contribution in [0, 0.1) is 5.82 Å². The molecule has 2 rings (SSSR count). The second kappa shape index (κ2) is 5.48. The van der Waals surface area contributed by atoms with Gasteiger partial charge in [-0.2, -0.15) is 0 Å². The van der Waals surface area contributed by atoms with E-state index >= 15 is 0 Å². The lowest BCUT2D eigenvalue weighted by molar-refractivity contribution is 0.305. The average Bonchev–Trinajstić information content (AvgIpc) is 2.39. The molecule has 0 atom stereocenters. The van der Waals surface area contributed by atoms with Crippen molar-refractivity contribution in [3.63, 3.8) is 0 Å². The Morgan fingerprint density at radius 1 is 0.882 bits per heavy atom. The van der Waals surface area contributed by atoms with Gasteiger partial charge in [-0.3, -0.25) is 0 Å². The third-order valence-corrected chi connectivity index (χ3v) is 2.65. The Hall–Kier alpha value is -1.83. The average molecular weight is 230 g/mol. The molecule has 0 unspecified atom stereocenters. The second-order valence-electron chi connectivity index (χ2n) is 3.91. The van der Waals surface area contributed by atoms with Crippen molar-refractivity contribution in [3.05, 3.63) is 65.5 Å². The first kappa shape index (κ1) is 11.6. The molecule has 0 aliphatic heterocycles. The fourth-order valence-electron chi connectivity index (χ4n) is 1.57. The largest absolute Gasteiger partial charge is 0.489 e. The van der Waals surface area contributed by atoms with Gasteiger partial charge in [0.1, 0.15) is 18.2 Å². The van der Waals surface area contributed by atoms with Crippen molar-refractivity contribution in [1.29, 1.82) is 0 Å². The summed E-state index contributed by atoms with van der Waals surface area (Å²) in [5, 5.41) is 0. The van der Waals surface area contributed by atoms with Gasteiger partial charge >= 0.3 is 0 Å². The van der Waals surface area contributed by atoms with Crippen molar-refractivity contribution >= 4 is 0 Å². The molecule has 0 radical (unpaired) electrons. The minimum atomic E-state index is -0.246. The summed E-state index contributed by atoms with van der Waals surface area (Å²) >= 11 is 0. The highest BCUT2D eigenvalue weighted by Gasteiger charge is 1.97. The van der Waals surface area contributed by atoms with Crippen molar-refractivity contribution in [1.82, 2.24) is 0 Å². The second-order valence-corrected chi connectivity index (χ2v) is 3.91. The number of halogens is 1. The summed E-state index contributed by atoms with van der Waals surface area (Å²) in [4.78, 5) is 0. The number of hydrogen-bond donors (Lipinski definition) is 0. The summed E-state index contributed by atoms with van der Waals surface area (Å²) in [5.41, 5.74) is 2.43. The van der Waals surface area contributed by atoms with Crippen LogP contribution in [0.2, 0.25) is 0 Å². The summed E-state index contributed by atoms with van der Waals surface area (Å²) in [6, 6.07) is 14.4. The predicted octanol–water partition coefficient (Wildman–Crippen LogP) is 3.97. The highest BCUT2D eigenvalue weighted by molar-refractivity contribution is 5.25. The molecule has 0 bridgehead atoms. The number of ether oxygens (including phenoxy) is 1. The Labute approximate surface area is 101 Å². The van der Waals surface area contributed by atoms with E-state index in [1.54, 1.807) is 12.1 Å². The molecule has 2 aromatic carbocycles.